The Bertz CT molecular complexity index is 1250. The van der Waals surface area contributed by atoms with Gasteiger partial charge in [-0.2, -0.15) is 0 Å². The van der Waals surface area contributed by atoms with Crippen molar-refractivity contribution < 1.29 is 18.4 Å². The number of likely N-dealkylation sites (tertiary alicyclic amines) is 1. The summed E-state index contributed by atoms with van der Waals surface area (Å²) in [6, 6.07) is 9.76. The van der Waals surface area contributed by atoms with Crippen LogP contribution in [0.2, 0.25) is 0 Å². The van der Waals surface area contributed by atoms with Crippen molar-refractivity contribution in [2.24, 2.45) is 0 Å². The number of nitrogens with zero attached hydrogens (tertiary/aromatic N) is 3. The third-order valence-electron chi connectivity index (χ3n) is 6.54. The monoisotopic (exact) mass is 492 g/mol. The first-order valence-corrected chi connectivity index (χ1v) is 12.1. The van der Waals surface area contributed by atoms with Gasteiger partial charge < -0.3 is 10.2 Å². The van der Waals surface area contributed by atoms with Gasteiger partial charge in [0.15, 0.2) is 0 Å². The van der Waals surface area contributed by atoms with Crippen molar-refractivity contribution in [3.63, 3.8) is 0 Å². The molecule has 0 spiro atoms. The number of aromatic nitrogens is 2. The lowest BCUT2D eigenvalue weighted by atomic mass is 9.90. The van der Waals surface area contributed by atoms with Crippen molar-refractivity contribution in [2.45, 2.75) is 52.5 Å². The summed E-state index contributed by atoms with van der Waals surface area (Å²) in [5, 5.41) is 2.98. The van der Waals surface area contributed by atoms with Crippen molar-refractivity contribution >= 4 is 11.8 Å². The van der Waals surface area contributed by atoms with E-state index < -0.39 is 11.6 Å². The van der Waals surface area contributed by atoms with Crippen LogP contribution in [0.1, 0.15) is 62.9 Å². The zero-order chi connectivity index (χ0) is 25.8. The van der Waals surface area contributed by atoms with E-state index in [0.29, 0.717) is 49.6 Å². The summed E-state index contributed by atoms with van der Waals surface area (Å²) in [6.45, 7) is 7.07. The van der Waals surface area contributed by atoms with Crippen LogP contribution in [-0.2, 0) is 17.8 Å². The number of hydrogen-bond donors (Lipinski definition) is 1. The van der Waals surface area contributed by atoms with Crippen molar-refractivity contribution in [1.29, 1.82) is 0 Å². The first kappa shape index (κ1) is 25.4. The minimum absolute atomic E-state index is 0.0251. The highest BCUT2D eigenvalue weighted by Crippen LogP contribution is 2.29. The van der Waals surface area contributed by atoms with E-state index in [-0.39, 0.29) is 29.7 Å². The molecule has 3 aromatic rings. The van der Waals surface area contributed by atoms with E-state index in [9.17, 15) is 18.4 Å². The summed E-state index contributed by atoms with van der Waals surface area (Å²) in [5.41, 5.74) is 4.19. The van der Waals surface area contributed by atoms with E-state index in [0.717, 1.165) is 28.8 Å². The maximum Gasteiger partial charge on any atom is 0.254 e. The molecule has 2 amide bonds. The Kier molecular flexibility index (Phi) is 7.72. The van der Waals surface area contributed by atoms with Gasteiger partial charge in [0.25, 0.3) is 5.91 Å². The minimum Gasteiger partial charge on any atom is -0.348 e. The largest absolute Gasteiger partial charge is 0.348 e. The van der Waals surface area contributed by atoms with Crippen LogP contribution < -0.4 is 5.32 Å². The van der Waals surface area contributed by atoms with Gasteiger partial charge in [-0.3, -0.25) is 9.59 Å². The molecule has 2 aromatic carbocycles. The molecule has 1 N–H and O–H groups in total. The smallest absolute Gasteiger partial charge is 0.254 e. The zero-order valence-corrected chi connectivity index (χ0v) is 20.8. The molecule has 6 nitrogen and oxygen atoms in total. The van der Waals surface area contributed by atoms with Gasteiger partial charge in [0.05, 0.1) is 17.7 Å². The molecule has 1 aliphatic heterocycles. The highest BCUT2D eigenvalue weighted by atomic mass is 19.1. The van der Waals surface area contributed by atoms with Crippen molar-refractivity contribution in [1.82, 2.24) is 20.2 Å². The van der Waals surface area contributed by atoms with E-state index in [1.165, 1.54) is 6.07 Å². The van der Waals surface area contributed by atoms with Gasteiger partial charge in [-0.1, -0.05) is 35.4 Å². The second-order valence-electron chi connectivity index (χ2n) is 9.43. The fourth-order valence-corrected chi connectivity index (χ4v) is 4.79. The van der Waals surface area contributed by atoms with Crippen LogP contribution in [0, 0.1) is 32.4 Å². The van der Waals surface area contributed by atoms with Crippen LogP contribution in [0.25, 0.3) is 0 Å². The maximum atomic E-state index is 14.0. The lowest BCUT2D eigenvalue weighted by Crippen LogP contribution is -2.39. The van der Waals surface area contributed by atoms with E-state index in [1.807, 2.05) is 26.0 Å². The van der Waals surface area contributed by atoms with Crippen LogP contribution in [0.5, 0.6) is 0 Å². The van der Waals surface area contributed by atoms with Gasteiger partial charge in [-0.15, -0.1) is 0 Å². The molecular weight excluding hydrogens is 462 g/mol. The highest BCUT2D eigenvalue weighted by molar-refractivity contribution is 5.95. The molecule has 2 heterocycles. The number of piperidine rings is 1. The standard InChI is InChI=1S/C28H30F2N4O2/c1-17-11-18(2)13-20(12-17)15-32-28(36)23-16-31-19(3)33-27(23)21-7-9-34(10-8-21)26(35)14-22-24(29)5-4-6-25(22)30/h4-6,11-13,16,21H,7-10,14-15H2,1-3H3,(H,32,36). The highest BCUT2D eigenvalue weighted by Gasteiger charge is 2.29. The van der Waals surface area contributed by atoms with Crippen LogP contribution in [0.4, 0.5) is 8.78 Å². The van der Waals surface area contributed by atoms with Gasteiger partial charge in [0.1, 0.15) is 17.5 Å². The van der Waals surface area contributed by atoms with E-state index in [4.69, 9.17) is 0 Å². The van der Waals surface area contributed by atoms with Crippen molar-refractivity contribution in [2.75, 3.05) is 13.1 Å². The molecule has 0 aliphatic carbocycles. The molecule has 36 heavy (non-hydrogen) atoms. The van der Waals surface area contributed by atoms with Crippen LogP contribution in [-0.4, -0.2) is 39.8 Å². The first-order chi connectivity index (χ1) is 17.2. The number of benzene rings is 2. The number of nitrogens with one attached hydrogen (secondary N) is 1. The number of rotatable bonds is 6. The average Bonchev–Trinajstić information content (AvgIpc) is 2.84. The topological polar surface area (TPSA) is 75.2 Å². The molecule has 0 atom stereocenters. The van der Waals surface area contributed by atoms with Crippen LogP contribution in [0.15, 0.2) is 42.6 Å². The predicted octanol–water partition coefficient (Wildman–Crippen LogP) is 4.56. The number of hydrogen-bond acceptors (Lipinski definition) is 4. The predicted molar refractivity (Wildman–Crippen MR) is 132 cm³/mol. The zero-order valence-electron chi connectivity index (χ0n) is 20.8. The number of carbonyl (C=O) groups excluding carboxylic acids is 2. The molecule has 0 bridgehead atoms. The second kappa shape index (κ2) is 10.9. The summed E-state index contributed by atoms with van der Waals surface area (Å²) in [7, 11) is 0. The number of halogens is 2. The summed E-state index contributed by atoms with van der Waals surface area (Å²) in [4.78, 5) is 36.2. The fourth-order valence-electron chi connectivity index (χ4n) is 4.79. The average molecular weight is 493 g/mol. The third-order valence-corrected chi connectivity index (χ3v) is 6.54. The second-order valence-corrected chi connectivity index (χ2v) is 9.43. The Balaban J connectivity index is 1.42. The van der Waals surface area contributed by atoms with Gasteiger partial charge in [0, 0.05) is 37.3 Å². The van der Waals surface area contributed by atoms with Gasteiger partial charge in [-0.05, 0) is 51.3 Å². The number of amides is 2. The lowest BCUT2D eigenvalue weighted by Gasteiger charge is -2.32. The third kappa shape index (κ3) is 5.93. The molecule has 0 radical (unpaired) electrons. The Morgan fingerprint density at radius 3 is 2.31 bits per heavy atom. The first-order valence-electron chi connectivity index (χ1n) is 12.1. The molecular formula is C28H30F2N4O2. The fraction of sp³-hybridized carbons (Fsp3) is 0.357. The Labute approximate surface area is 209 Å². The van der Waals surface area contributed by atoms with Gasteiger partial charge in [0.2, 0.25) is 5.91 Å². The Morgan fingerprint density at radius 2 is 1.67 bits per heavy atom. The number of carbonyl (C=O) groups is 2. The van der Waals surface area contributed by atoms with Crippen molar-refractivity contribution in [3.05, 3.63) is 93.6 Å². The summed E-state index contributed by atoms with van der Waals surface area (Å²) >= 11 is 0. The lowest BCUT2D eigenvalue weighted by molar-refractivity contribution is -0.131. The molecule has 1 aliphatic rings. The SMILES string of the molecule is Cc1cc(C)cc(CNC(=O)c2cnc(C)nc2C2CCN(C(=O)Cc3c(F)cccc3F)CC2)c1. The maximum absolute atomic E-state index is 14.0. The summed E-state index contributed by atoms with van der Waals surface area (Å²) in [5.74, 6) is -1.44. The minimum atomic E-state index is -0.717. The summed E-state index contributed by atoms with van der Waals surface area (Å²) < 4.78 is 27.9. The molecule has 188 valence electrons. The van der Waals surface area contributed by atoms with E-state index in [1.54, 1.807) is 18.0 Å². The van der Waals surface area contributed by atoms with Gasteiger partial charge >= 0.3 is 0 Å². The molecule has 8 heteroatoms. The van der Waals surface area contributed by atoms with E-state index >= 15 is 0 Å². The normalized spacial score (nSPS) is 14.1. The quantitative estimate of drug-likeness (QED) is 0.548. The molecule has 1 saturated heterocycles. The van der Waals surface area contributed by atoms with Crippen LogP contribution >= 0.6 is 0 Å². The van der Waals surface area contributed by atoms with Crippen molar-refractivity contribution in [3.8, 4) is 0 Å². The molecule has 1 fully saturated rings. The number of aryl methyl sites for hydroxylation is 3. The summed E-state index contributed by atoms with van der Waals surface area (Å²) in [6.07, 6.45) is 2.44. The van der Waals surface area contributed by atoms with E-state index in [2.05, 4.69) is 21.4 Å². The van der Waals surface area contributed by atoms with Gasteiger partial charge in [-0.25, -0.2) is 18.7 Å². The molecule has 1 aromatic heterocycles. The molecule has 0 unspecified atom stereocenters. The molecule has 4 rings (SSSR count). The molecule has 0 saturated carbocycles. The van der Waals surface area contributed by atoms with Crippen LogP contribution in [0.3, 0.4) is 0 Å². The Morgan fingerprint density at radius 1 is 1.03 bits per heavy atom. The Hall–Kier alpha value is -3.68.